The predicted octanol–water partition coefficient (Wildman–Crippen LogP) is 3.28. The van der Waals surface area contributed by atoms with E-state index in [4.69, 9.17) is 0 Å². The van der Waals surface area contributed by atoms with Gasteiger partial charge in [-0.3, -0.25) is 0 Å². The molecule has 0 heterocycles. The maximum atomic E-state index is 3.53. The minimum Gasteiger partial charge on any atom is -0.315 e. The summed E-state index contributed by atoms with van der Waals surface area (Å²) < 4.78 is 0. The molecule has 0 amide bonds. The highest BCUT2D eigenvalue weighted by atomic mass is 15.1. The average Bonchev–Trinajstić information content (AvgIpc) is 2.28. The molecule has 1 N–H and O–H groups in total. The molecule has 0 aromatic carbocycles. The van der Waals surface area contributed by atoms with E-state index >= 15 is 0 Å². The third kappa shape index (κ3) is 5.87. The molecule has 1 rings (SSSR count). The topological polar surface area (TPSA) is 15.3 Å². The van der Waals surface area contributed by atoms with Crippen LogP contribution in [-0.4, -0.2) is 37.6 Å². The summed E-state index contributed by atoms with van der Waals surface area (Å²) >= 11 is 0. The van der Waals surface area contributed by atoms with E-state index in [1.54, 1.807) is 0 Å². The molecule has 1 aliphatic carbocycles. The number of hydrogen-bond donors (Lipinski definition) is 1. The second-order valence-corrected chi connectivity index (χ2v) is 6.48. The molecule has 0 aromatic rings. The molecule has 17 heavy (non-hydrogen) atoms. The summed E-state index contributed by atoms with van der Waals surface area (Å²) in [5.41, 5.74) is 0.594. The first kappa shape index (κ1) is 15.0. The Morgan fingerprint density at radius 2 is 1.82 bits per heavy atom. The lowest BCUT2D eigenvalue weighted by atomic mass is 9.75. The lowest BCUT2D eigenvalue weighted by Gasteiger charge is -2.38. The normalized spacial score (nSPS) is 21.0. The van der Waals surface area contributed by atoms with E-state index in [1.807, 2.05) is 0 Å². The molecule has 1 aliphatic rings. The van der Waals surface area contributed by atoms with Gasteiger partial charge in [-0.15, -0.1) is 0 Å². The molecule has 0 spiro atoms. The highest BCUT2D eigenvalue weighted by Gasteiger charge is 2.28. The summed E-state index contributed by atoms with van der Waals surface area (Å²) in [7, 11) is 2.30. The third-order valence-electron chi connectivity index (χ3n) is 4.28. The Morgan fingerprint density at radius 3 is 2.41 bits per heavy atom. The molecule has 1 saturated carbocycles. The van der Waals surface area contributed by atoms with Crippen LogP contribution in [0.15, 0.2) is 0 Å². The van der Waals surface area contributed by atoms with Crippen molar-refractivity contribution in [2.45, 2.75) is 65.3 Å². The van der Waals surface area contributed by atoms with Crippen LogP contribution in [0.3, 0.4) is 0 Å². The fraction of sp³-hybridized carbons (Fsp3) is 1.00. The zero-order valence-corrected chi connectivity index (χ0v) is 12.4. The molecule has 2 nitrogen and oxygen atoms in total. The van der Waals surface area contributed by atoms with Crippen molar-refractivity contribution in [3.63, 3.8) is 0 Å². The minimum absolute atomic E-state index is 0.594. The van der Waals surface area contributed by atoms with E-state index in [9.17, 15) is 0 Å². The van der Waals surface area contributed by atoms with Gasteiger partial charge < -0.3 is 10.2 Å². The molecule has 102 valence electrons. The molecule has 2 heteroatoms. The van der Waals surface area contributed by atoms with Crippen molar-refractivity contribution >= 4 is 0 Å². The van der Waals surface area contributed by atoms with E-state index in [-0.39, 0.29) is 0 Å². The molecule has 0 aromatic heterocycles. The quantitative estimate of drug-likeness (QED) is 0.687. The third-order valence-corrected chi connectivity index (χ3v) is 4.28. The molecule has 0 radical (unpaired) electrons. The van der Waals surface area contributed by atoms with Crippen LogP contribution in [0.2, 0.25) is 0 Å². The Hall–Kier alpha value is -0.0800. The Kier molecular flexibility index (Phi) is 6.50. The fourth-order valence-corrected chi connectivity index (χ4v) is 2.69. The highest BCUT2D eigenvalue weighted by molar-refractivity contribution is 4.82. The van der Waals surface area contributed by atoms with Gasteiger partial charge >= 0.3 is 0 Å². The van der Waals surface area contributed by atoms with E-state index in [1.165, 1.54) is 51.6 Å². The van der Waals surface area contributed by atoms with Gasteiger partial charge in [0, 0.05) is 19.1 Å². The van der Waals surface area contributed by atoms with Gasteiger partial charge in [0.05, 0.1) is 0 Å². The Labute approximate surface area is 108 Å². The van der Waals surface area contributed by atoms with Crippen molar-refractivity contribution in [1.29, 1.82) is 0 Å². The van der Waals surface area contributed by atoms with Gasteiger partial charge in [0.2, 0.25) is 0 Å². The Morgan fingerprint density at radius 1 is 1.18 bits per heavy atom. The van der Waals surface area contributed by atoms with Crippen LogP contribution in [0.1, 0.15) is 59.3 Å². The summed E-state index contributed by atoms with van der Waals surface area (Å²) in [5.74, 6) is 0. The molecule has 1 fully saturated rings. The molecule has 0 saturated heterocycles. The SMILES string of the molecule is CCCCNCCN(C)C1CCC(C)(C)CC1. The zero-order valence-electron chi connectivity index (χ0n) is 12.4. The van der Waals surface area contributed by atoms with E-state index in [0.717, 1.165) is 12.6 Å². The number of rotatable bonds is 7. The van der Waals surface area contributed by atoms with Crippen LogP contribution in [-0.2, 0) is 0 Å². The number of nitrogens with zero attached hydrogens (tertiary/aromatic N) is 1. The zero-order chi connectivity index (χ0) is 12.7. The average molecular weight is 240 g/mol. The largest absolute Gasteiger partial charge is 0.315 e. The molecule has 0 bridgehead atoms. The number of likely N-dealkylation sites (N-methyl/N-ethyl adjacent to an activating group) is 1. The van der Waals surface area contributed by atoms with Gasteiger partial charge in [-0.2, -0.15) is 0 Å². The molecule has 0 aliphatic heterocycles. The van der Waals surface area contributed by atoms with Crippen LogP contribution in [0, 0.1) is 5.41 Å². The monoisotopic (exact) mass is 240 g/mol. The van der Waals surface area contributed by atoms with Crippen LogP contribution >= 0.6 is 0 Å². The van der Waals surface area contributed by atoms with E-state index < -0.39 is 0 Å². The van der Waals surface area contributed by atoms with Crippen molar-refractivity contribution in [2.24, 2.45) is 5.41 Å². The lowest BCUT2D eigenvalue weighted by molar-refractivity contribution is 0.128. The minimum atomic E-state index is 0.594. The standard InChI is InChI=1S/C15H32N2/c1-5-6-11-16-12-13-17(4)14-7-9-15(2,3)10-8-14/h14,16H,5-13H2,1-4H3. The second kappa shape index (κ2) is 7.38. The first-order valence-electron chi connectivity index (χ1n) is 7.46. The number of hydrogen-bond acceptors (Lipinski definition) is 2. The lowest BCUT2D eigenvalue weighted by Crippen LogP contribution is -2.40. The van der Waals surface area contributed by atoms with E-state index in [0.29, 0.717) is 5.41 Å². The number of nitrogens with one attached hydrogen (secondary N) is 1. The van der Waals surface area contributed by atoms with Crippen LogP contribution < -0.4 is 5.32 Å². The van der Waals surface area contributed by atoms with Gasteiger partial charge in [-0.25, -0.2) is 0 Å². The molecular formula is C15H32N2. The van der Waals surface area contributed by atoms with Gasteiger partial charge in [0.1, 0.15) is 0 Å². The fourth-order valence-electron chi connectivity index (χ4n) is 2.69. The van der Waals surface area contributed by atoms with Gasteiger partial charge in [0.25, 0.3) is 0 Å². The summed E-state index contributed by atoms with van der Waals surface area (Å²) in [5, 5.41) is 3.53. The number of unbranched alkanes of at least 4 members (excludes halogenated alkanes) is 1. The Balaban J connectivity index is 2.10. The van der Waals surface area contributed by atoms with Crippen molar-refractivity contribution < 1.29 is 0 Å². The first-order valence-corrected chi connectivity index (χ1v) is 7.46. The van der Waals surface area contributed by atoms with E-state index in [2.05, 4.69) is 38.0 Å². The van der Waals surface area contributed by atoms with Gasteiger partial charge in [0.15, 0.2) is 0 Å². The van der Waals surface area contributed by atoms with Crippen LogP contribution in [0.5, 0.6) is 0 Å². The summed E-state index contributed by atoms with van der Waals surface area (Å²) in [6, 6.07) is 0.830. The van der Waals surface area contributed by atoms with Crippen molar-refractivity contribution in [3.05, 3.63) is 0 Å². The molecule has 0 atom stereocenters. The van der Waals surface area contributed by atoms with Gasteiger partial charge in [-0.1, -0.05) is 27.2 Å². The first-order chi connectivity index (χ1) is 8.05. The van der Waals surface area contributed by atoms with Crippen molar-refractivity contribution in [3.8, 4) is 0 Å². The molecular weight excluding hydrogens is 208 g/mol. The smallest absolute Gasteiger partial charge is 0.0107 e. The summed E-state index contributed by atoms with van der Waals surface area (Å²) in [6.45, 7) is 10.6. The maximum absolute atomic E-state index is 3.53. The highest BCUT2D eigenvalue weighted by Crippen LogP contribution is 2.36. The Bertz CT molecular complexity index is 191. The van der Waals surface area contributed by atoms with Gasteiger partial charge in [-0.05, 0) is 51.1 Å². The summed E-state index contributed by atoms with van der Waals surface area (Å²) in [6.07, 6.45) is 8.16. The molecule has 0 unspecified atom stereocenters. The predicted molar refractivity (Wildman–Crippen MR) is 76.4 cm³/mol. The summed E-state index contributed by atoms with van der Waals surface area (Å²) in [4.78, 5) is 2.56. The van der Waals surface area contributed by atoms with Crippen LogP contribution in [0.25, 0.3) is 0 Å². The van der Waals surface area contributed by atoms with Crippen LogP contribution in [0.4, 0.5) is 0 Å². The van der Waals surface area contributed by atoms with Crippen molar-refractivity contribution in [2.75, 3.05) is 26.7 Å². The maximum Gasteiger partial charge on any atom is 0.0107 e. The van der Waals surface area contributed by atoms with Crippen molar-refractivity contribution in [1.82, 2.24) is 10.2 Å². The second-order valence-electron chi connectivity index (χ2n) is 6.48.